The molecule has 3 aliphatic heterocycles. The van der Waals surface area contributed by atoms with Crippen LogP contribution in [-0.2, 0) is 22.3 Å². The van der Waals surface area contributed by atoms with Gasteiger partial charge in [0.25, 0.3) is 0 Å². The fraction of sp³-hybridized carbons (Fsp3) is 0.727. The van der Waals surface area contributed by atoms with Gasteiger partial charge in [-0.25, -0.2) is 0 Å². The maximum Gasteiger partial charge on any atom is 0.116 e. The topological polar surface area (TPSA) is 37.0 Å². The normalized spacial score (nSPS) is 30.4. The number of piperidine rings is 1. The first-order valence-electron chi connectivity index (χ1n) is 10.8. The van der Waals surface area contributed by atoms with Gasteiger partial charge in [-0.15, -0.1) is 0 Å². The first kappa shape index (κ1) is 17.9. The SMILES string of the molecule is c1cc2c(cc1N1CCC(N3CCO[C@]4(CNCCOC4)C3)CC1)CCC2. The average Bonchev–Trinajstić information content (AvgIpc) is 3.08. The van der Waals surface area contributed by atoms with Crippen molar-refractivity contribution in [2.75, 3.05) is 64.0 Å². The number of ether oxygens (including phenoxy) is 2. The van der Waals surface area contributed by atoms with Crippen molar-refractivity contribution < 1.29 is 9.47 Å². The number of morpholine rings is 1. The van der Waals surface area contributed by atoms with E-state index in [9.17, 15) is 0 Å². The third kappa shape index (κ3) is 3.75. The van der Waals surface area contributed by atoms with Gasteiger partial charge in [-0.3, -0.25) is 4.90 Å². The predicted octanol–water partition coefficient (Wildman–Crippen LogP) is 1.83. The fourth-order valence-electron chi connectivity index (χ4n) is 5.39. The smallest absolute Gasteiger partial charge is 0.116 e. The highest BCUT2D eigenvalue weighted by Gasteiger charge is 2.40. The van der Waals surface area contributed by atoms with E-state index >= 15 is 0 Å². The van der Waals surface area contributed by atoms with Gasteiger partial charge in [-0.2, -0.15) is 0 Å². The standard InChI is InChI=1S/C22H33N3O2/c1-2-18-4-5-21(14-19(18)3-1)24-9-6-20(7-10-24)25-11-13-27-22(16-25)15-23-8-12-26-17-22/h4-5,14,20,23H,1-3,6-13,15-17H2/t22-/m1/s1. The van der Waals surface area contributed by atoms with Crippen molar-refractivity contribution in [3.05, 3.63) is 29.3 Å². The summed E-state index contributed by atoms with van der Waals surface area (Å²) in [7, 11) is 0. The molecule has 1 aromatic rings. The number of rotatable bonds is 2. The first-order valence-corrected chi connectivity index (χ1v) is 10.8. The molecular weight excluding hydrogens is 338 g/mol. The van der Waals surface area contributed by atoms with Crippen LogP contribution in [-0.4, -0.2) is 75.6 Å². The molecule has 3 saturated heterocycles. The number of nitrogens with one attached hydrogen (secondary N) is 1. The Labute approximate surface area is 163 Å². The molecule has 5 nitrogen and oxygen atoms in total. The lowest BCUT2D eigenvalue weighted by Gasteiger charge is -2.47. The zero-order valence-corrected chi connectivity index (χ0v) is 16.4. The van der Waals surface area contributed by atoms with Crippen LogP contribution in [0.5, 0.6) is 0 Å². The summed E-state index contributed by atoms with van der Waals surface area (Å²) in [5.74, 6) is 0. The van der Waals surface area contributed by atoms with Crippen molar-refractivity contribution in [1.82, 2.24) is 10.2 Å². The second-order valence-electron chi connectivity index (χ2n) is 8.76. The number of benzene rings is 1. The maximum atomic E-state index is 6.20. The van der Waals surface area contributed by atoms with Crippen molar-refractivity contribution in [3.63, 3.8) is 0 Å². The molecule has 0 saturated carbocycles. The summed E-state index contributed by atoms with van der Waals surface area (Å²) >= 11 is 0. The van der Waals surface area contributed by atoms with Gasteiger partial charge in [0, 0.05) is 51.0 Å². The molecule has 1 aliphatic carbocycles. The van der Waals surface area contributed by atoms with Gasteiger partial charge < -0.3 is 19.7 Å². The second kappa shape index (κ2) is 7.70. The fourth-order valence-corrected chi connectivity index (χ4v) is 5.39. The largest absolute Gasteiger partial charge is 0.377 e. The van der Waals surface area contributed by atoms with E-state index in [2.05, 4.69) is 33.3 Å². The Morgan fingerprint density at radius 2 is 1.93 bits per heavy atom. The van der Waals surface area contributed by atoms with Gasteiger partial charge in [0.1, 0.15) is 5.60 Å². The summed E-state index contributed by atoms with van der Waals surface area (Å²) in [6, 6.07) is 7.86. The molecule has 3 fully saturated rings. The van der Waals surface area contributed by atoms with Crippen LogP contribution in [0.3, 0.4) is 0 Å². The molecule has 0 amide bonds. The second-order valence-corrected chi connectivity index (χ2v) is 8.76. The van der Waals surface area contributed by atoms with Crippen LogP contribution in [0.4, 0.5) is 5.69 Å². The van der Waals surface area contributed by atoms with Gasteiger partial charge in [-0.05, 0) is 55.4 Å². The summed E-state index contributed by atoms with van der Waals surface area (Å²) < 4.78 is 12.0. The number of fused-ring (bicyclic) bond motifs is 1. The molecule has 27 heavy (non-hydrogen) atoms. The maximum absolute atomic E-state index is 6.20. The van der Waals surface area contributed by atoms with E-state index in [4.69, 9.17) is 9.47 Å². The van der Waals surface area contributed by atoms with Crippen LogP contribution in [0.2, 0.25) is 0 Å². The van der Waals surface area contributed by atoms with E-state index in [-0.39, 0.29) is 5.60 Å². The highest BCUT2D eigenvalue weighted by molar-refractivity contribution is 5.52. The van der Waals surface area contributed by atoms with Crippen LogP contribution in [0.1, 0.15) is 30.4 Å². The predicted molar refractivity (Wildman–Crippen MR) is 108 cm³/mol. The van der Waals surface area contributed by atoms with E-state index in [1.165, 1.54) is 50.9 Å². The quantitative estimate of drug-likeness (QED) is 0.859. The highest BCUT2D eigenvalue weighted by atomic mass is 16.5. The van der Waals surface area contributed by atoms with Crippen LogP contribution in [0.25, 0.3) is 0 Å². The summed E-state index contributed by atoms with van der Waals surface area (Å²) in [4.78, 5) is 5.28. The molecule has 1 aromatic carbocycles. The minimum atomic E-state index is -0.147. The molecule has 5 rings (SSSR count). The van der Waals surface area contributed by atoms with Crippen LogP contribution in [0.15, 0.2) is 18.2 Å². The van der Waals surface area contributed by atoms with Crippen LogP contribution >= 0.6 is 0 Å². The highest BCUT2D eigenvalue weighted by Crippen LogP contribution is 2.30. The number of aryl methyl sites for hydroxylation is 2. The minimum Gasteiger partial charge on any atom is -0.377 e. The monoisotopic (exact) mass is 371 g/mol. The lowest BCUT2D eigenvalue weighted by Crippen LogP contribution is -2.61. The molecule has 0 unspecified atom stereocenters. The van der Waals surface area contributed by atoms with Crippen LogP contribution < -0.4 is 10.2 Å². The van der Waals surface area contributed by atoms with E-state index < -0.39 is 0 Å². The van der Waals surface area contributed by atoms with E-state index in [0.717, 1.165) is 46.0 Å². The molecule has 4 aliphatic rings. The molecule has 1 N–H and O–H groups in total. The molecule has 148 valence electrons. The van der Waals surface area contributed by atoms with E-state index in [1.807, 2.05) is 0 Å². The minimum absolute atomic E-state index is 0.147. The van der Waals surface area contributed by atoms with E-state index in [0.29, 0.717) is 6.04 Å². The summed E-state index contributed by atoms with van der Waals surface area (Å²) in [5, 5.41) is 3.50. The Hall–Kier alpha value is -1.14. The molecule has 0 aromatic heterocycles. The third-order valence-electron chi connectivity index (χ3n) is 6.94. The average molecular weight is 372 g/mol. The summed E-state index contributed by atoms with van der Waals surface area (Å²) in [6.45, 7) is 8.60. The van der Waals surface area contributed by atoms with Gasteiger partial charge >= 0.3 is 0 Å². The van der Waals surface area contributed by atoms with Gasteiger partial charge in [0.2, 0.25) is 0 Å². The lowest BCUT2D eigenvalue weighted by atomic mass is 9.96. The third-order valence-corrected chi connectivity index (χ3v) is 6.94. The number of nitrogens with zero attached hydrogens (tertiary/aromatic N) is 2. The lowest BCUT2D eigenvalue weighted by molar-refractivity contribution is -0.142. The number of hydrogen-bond acceptors (Lipinski definition) is 5. The molecule has 3 heterocycles. The van der Waals surface area contributed by atoms with Crippen molar-refractivity contribution in [2.24, 2.45) is 0 Å². The van der Waals surface area contributed by atoms with Gasteiger partial charge in [0.15, 0.2) is 0 Å². The van der Waals surface area contributed by atoms with E-state index in [1.54, 1.807) is 11.1 Å². The van der Waals surface area contributed by atoms with Crippen molar-refractivity contribution in [1.29, 1.82) is 0 Å². The molecule has 5 heteroatoms. The van der Waals surface area contributed by atoms with Gasteiger partial charge in [0.05, 0.1) is 19.8 Å². The molecule has 0 bridgehead atoms. The zero-order chi connectivity index (χ0) is 18.1. The summed E-state index contributed by atoms with van der Waals surface area (Å²) in [5.41, 5.74) is 4.46. The zero-order valence-electron chi connectivity index (χ0n) is 16.4. The Balaban J connectivity index is 1.20. The van der Waals surface area contributed by atoms with Crippen molar-refractivity contribution in [2.45, 2.75) is 43.7 Å². The Bertz CT molecular complexity index is 649. The summed E-state index contributed by atoms with van der Waals surface area (Å²) in [6.07, 6.45) is 6.38. The number of hydrogen-bond donors (Lipinski definition) is 1. The Morgan fingerprint density at radius 3 is 2.85 bits per heavy atom. The molecule has 1 atom stereocenters. The van der Waals surface area contributed by atoms with Gasteiger partial charge in [-0.1, -0.05) is 6.07 Å². The molecule has 1 spiro atoms. The van der Waals surface area contributed by atoms with Crippen molar-refractivity contribution >= 4 is 5.69 Å². The molecule has 0 radical (unpaired) electrons. The Kier molecular flexibility index (Phi) is 5.11. The van der Waals surface area contributed by atoms with Crippen LogP contribution in [0, 0.1) is 0 Å². The number of anilines is 1. The molecular formula is C22H33N3O2. The Morgan fingerprint density at radius 1 is 1.04 bits per heavy atom. The first-order chi connectivity index (χ1) is 13.3. The van der Waals surface area contributed by atoms with Crippen molar-refractivity contribution in [3.8, 4) is 0 Å².